The van der Waals surface area contributed by atoms with E-state index in [9.17, 15) is 18.0 Å². The van der Waals surface area contributed by atoms with Crippen LogP contribution < -0.4 is 9.62 Å². The molecule has 1 atom stereocenters. The third-order valence-corrected chi connectivity index (χ3v) is 6.85. The molecule has 0 bridgehead atoms. The number of benzene rings is 2. The minimum atomic E-state index is -3.72. The number of hydrogen-bond donors (Lipinski definition) is 1. The minimum absolute atomic E-state index is 0.0836. The first-order valence-corrected chi connectivity index (χ1v) is 13.2. The fraction of sp³-hybridized carbons (Fsp3) is 0.391. The molecule has 0 aliphatic rings. The van der Waals surface area contributed by atoms with E-state index in [1.807, 2.05) is 45.0 Å². The molecule has 0 aromatic heterocycles. The van der Waals surface area contributed by atoms with Crippen LogP contribution in [0.1, 0.15) is 31.9 Å². The van der Waals surface area contributed by atoms with Crippen molar-refractivity contribution in [2.75, 3.05) is 17.1 Å². The average Bonchev–Trinajstić information content (AvgIpc) is 2.70. The van der Waals surface area contributed by atoms with Crippen LogP contribution in [0.25, 0.3) is 0 Å². The Bertz CT molecular complexity index is 1060. The molecule has 2 amide bonds. The zero-order chi connectivity index (χ0) is 24.1. The predicted octanol–water partition coefficient (Wildman–Crippen LogP) is 3.31. The summed E-state index contributed by atoms with van der Waals surface area (Å²) < 4.78 is 27.0. The second-order valence-electron chi connectivity index (χ2n) is 8.03. The number of nitrogens with one attached hydrogen (secondary N) is 1. The number of carbonyl (C=O) groups is 2. The Balaban J connectivity index is 2.39. The predicted molar refractivity (Wildman–Crippen MR) is 136 cm³/mol. The molecule has 0 fully saturated rings. The topological polar surface area (TPSA) is 86.8 Å². The molecule has 9 heteroatoms. The highest BCUT2D eigenvalue weighted by atomic mass is 127. The molecule has 1 unspecified atom stereocenters. The Kier molecular flexibility index (Phi) is 9.08. The Hall–Kier alpha value is -2.14. The van der Waals surface area contributed by atoms with Gasteiger partial charge in [-0.25, -0.2) is 8.42 Å². The standard InChI is InChI=1S/C23H30IN3O4S/c1-16(2)25-23(29)18(4)26(14-19-9-7-6-8-17(19)3)22(28)15-27(32(5,30)31)21-12-10-20(24)11-13-21/h6-13,16,18H,14-15H2,1-5H3,(H,25,29). The molecule has 174 valence electrons. The highest BCUT2D eigenvalue weighted by molar-refractivity contribution is 14.1. The molecule has 0 saturated carbocycles. The van der Waals surface area contributed by atoms with Crippen LogP contribution >= 0.6 is 22.6 Å². The fourth-order valence-corrected chi connectivity index (χ4v) is 4.39. The van der Waals surface area contributed by atoms with Crippen LogP contribution in [0.2, 0.25) is 0 Å². The molecule has 2 aromatic rings. The van der Waals surface area contributed by atoms with E-state index in [0.29, 0.717) is 5.69 Å². The van der Waals surface area contributed by atoms with E-state index in [1.165, 1.54) is 4.90 Å². The first-order valence-electron chi connectivity index (χ1n) is 10.3. The number of nitrogens with zero attached hydrogens (tertiary/aromatic N) is 2. The molecule has 2 rings (SSSR count). The maximum atomic E-state index is 13.4. The summed E-state index contributed by atoms with van der Waals surface area (Å²) in [6.07, 6.45) is 1.07. The van der Waals surface area contributed by atoms with Gasteiger partial charge in [-0.15, -0.1) is 0 Å². The van der Waals surface area contributed by atoms with Gasteiger partial charge in [-0.1, -0.05) is 24.3 Å². The lowest BCUT2D eigenvalue weighted by molar-refractivity contribution is -0.139. The largest absolute Gasteiger partial charge is 0.352 e. The molecule has 1 N–H and O–H groups in total. The van der Waals surface area contributed by atoms with Crippen LogP contribution in [-0.4, -0.2) is 50.0 Å². The van der Waals surface area contributed by atoms with Gasteiger partial charge in [-0.3, -0.25) is 13.9 Å². The fourth-order valence-electron chi connectivity index (χ4n) is 3.18. The van der Waals surface area contributed by atoms with Crippen molar-refractivity contribution in [3.63, 3.8) is 0 Å². The minimum Gasteiger partial charge on any atom is -0.352 e. The number of sulfonamides is 1. The Morgan fingerprint density at radius 2 is 1.62 bits per heavy atom. The summed E-state index contributed by atoms with van der Waals surface area (Å²) in [6.45, 7) is 7.09. The third-order valence-electron chi connectivity index (χ3n) is 4.99. The molecule has 0 aliphatic heterocycles. The average molecular weight is 571 g/mol. The van der Waals surface area contributed by atoms with E-state index < -0.39 is 28.5 Å². The van der Waals surface area contributed by atoms with Crippen molar-refractivity contribution >= 4 is 50.1 Å². The smallest absolute Gasteiger partial charge is 0.244 e. The maximum absolute atomic E-state index is 13.4. The highest BCUT2D eigenvalue weighted by Gasteiger charge is 2.30. The summed E-state index contributed by atoms with van der Waals surface area (Å²) in [5.41, 5.74) is 2.28. The van der Waals surface area contributed by atoms with E-state index in [4.69, 9.17) is 0 Å². The van der Waals surface area contributed by atoms with Crippen LogP contribution in [0.3, 0.4) is 0 Å². The normalized spacial score (nSPS) is 12.3. The van der Waals surface area contributed by atoms with Crippen molar-refractivity contribution < 1.29 is 18.0 Å². The van der Waals surface area contributed by atoms with Crippen molar-refractivity contribution in [1.29, 1.82) is 0 Å². The van der Waals surface area contributed by atoms with Crippen LogP contribution in [0.4, 0.5) is 5.69 Å². The van der Waals surface area contributed by atoms with E-state index in [1.54, 1.807) is 31.2 Å². The lowest BCUT2D eigenvalue weighted by Crippen LogP contribution is -2.52. The second-order valence-corrected chi connectivity index (χ2v) is 11.2. The van der Waals surface area contributed by atoms with Gasteiger partial charge in [-0.05, 0) is 85.7 Å². The zero-order valence-corrected chi connectivity index (χ0v) is 22.0. The molecule has 7 nitrogen and oxygen atoms in total. The van der Waals surface area contributed by atoms with Crippen molar-refractivity contribution in [3.8, 4) is 0 Å². The van der Waals surface area contributed by atoms with Crippen LogP contribution in [-0.2, 0) is 26.2 Å². The monoisotopic (exact) mass is 571 g/mol. The Labute approximate surface area is 204 Å². The third kappa shape index (κ3) is 7.19. The van der Waals surface area contributed by atoms with Gasteiger partial charge in [0.15, 0.2) is 0 Å². The van der Waals surface area contributed by atoms with Gasteiger partial charge in [0.25, 0.3) is 0 Å². The molecular formula is C23H30IN3O4S. The zero-order valence-electron chi connectivity index (χ0n) is 19.0. The number of hydrogen-bond acceptors (Lipinski definition) is 4. The van der Waals surface area contributed by atoms with Gasteiger partial charge in [0.05, 0.1) is 11.9 Å². The summed E-state index contributed by atoms with van der Waals surface area (Å²) in [4.78, 5) is 27.6. The lowest BCUT2D eigenvalue weighted by Gasteiger charge is -2.32. The van der Waals surface area contributed by atoms with Crippen molar-refractivity contribution in [1.82, 2.24) is 10.2 Å². The summed E-state index contributed by atoms with van der Waals surface area (Å²) in [7, 11) is -3.72. The van der Waals surface area contributed by atoms with Crippen LogP contribution in [0.5, 0.6) is 0 Å². The molecule has 0 aliphatic carbocycles. The molecule has 0 heterocycles. The SMILES string of the molecule is Cc1ccccc1CN(C(=O)CN(c1ccc(I)cc1)S(C)(=O)=O)C(C)C(=O)NC(C)C. The summed E-state index contributed by atoms with van der Waals surface area (Å²) in [5.74, 6) is -0.745. The van der Waals surface area contributed by atoms with Crippen LogP contribution in [0.15, 0.2) is 48.5 Å². The van der Waals surface area contributed by atoms with Crippen LogP contribution in [0, 0.1) is 10.5 Å². The van der Waals surface area contributed by atoms with Gasteiger partial charge in [0.1, 0.15) is 12.6 Å². The van der Waals surface area contributed by atoms with Crippen molar-refractivity contribution in [2.24, 2.45) is 0 Å². The number of rotatable bonds is 9. The number of carbonyl (C=O) groups excluding carboxylic acids is 2. The molecule has 2 aromatic carbocycles. The molecule has 32 heavy (non-hydrogen) atoms. The first-order chi connectivity index (χ1) is 14.9. The summed E-state index contributed by atoms with van der Waals surface area (Å²) >= 11 is 2.13. The quantitative estimate of drug-likeness (QED) is 0.468. The number of anilines is 1. The van der Waals surface area contributed by atoms with E-state index in [-0.39, 0.29) is 18.5 Å². The summed E-state index contributed by atoms with van der Waals surface area (Å²) in [5, 5.41) is 2.83. The first kappa shape index (κ1) is 26.1. The maximum Gasteiger partial charge on any atom is 0.244 e. The van der Waals surface area contributed by atoms with E-state index in [0.717, 1.165) is 25.3 Å². The van der Waals surface area contributed by atoms with Gasteiger partial charge in [0.2, 0.25) is 21.8 Å². The number of aryl methyl sites for hydroxylation is 1. The van der Waals surface area contributed by atoms with E-state index >= 15 is 0 Å². The molecule has 0 saturated heterocycles. The van der Waals surface area contributed by atoms with Gasteiger partial charge in [-0.2, -0.15) is 0 Å². The van der Waals surface area contributed by atoms with Gasteiger partial charge in [0, 0.05) is 16.2 Å². The molecular weight excluding hydrogens is 541 g/mol. The van der Waals surface area contributed by atoms with Crippen molar-refractivity contribution in [3.05, 3.63) is 63.2 Å². The molecule has 0 radical (unpaired) electrons. The number of amides is 2. The highest BCUT2D eigenvalue weighted by Crippen LogP contribution is 2.21. The Morgan fingerprint density at radius 3 is 2.16 bits per heavy atom. The van der Waals surface area contributed by atoms with Crippen molar-refractivity contribution in [2.45, 2.75) is 46.3 Å². The number of halogens is 1. The van der Waals surface area contributed by atoms with Gasteiger partial charge < -0.3 is 10.2 Å². The van der Waals surface area contributed by atoms with Gasteiger partial charge >= 0.3 is 0 Å². The summed E-state index contributed by atoms with van der Waals surface area (Å²) in [6, 6.07) is 13.6. The lowest BCUT2D eigenvalue weighted by atomic mass is 10.1. The Morgan fingerprint density at radius 1 is 1.03 bits per heavy atom. The molecule has 0 spiro atoms. The van der Waals surface area contributed by atoms with E-state index in [2.05, 4.69) is 27.9 Å². The second kappa shape index (κ2) is 11.1.